The largest absolute Gasteiger partial charge is 0.497 e. The number of carbonyl (C=O) groups is 2. The summed E-state index contributed by atoms with van der Waals surface area (Å²) >= 11 is 1.69. The number of hydrogen-bond donors (Lipinski definition) is 0. The molecule has 2 unspecified atom stereocenters. The van der Waals surface area contributed by atoms with Gasteiger partial charge < -0.3 is 19.3 Å². The van der Waals surface area contributed by atoms with Gasteiger partial charge in [-0.25, -0.2) is 4.79 Å². The molecule has 38 heavy (non-hydrogen) atoms. The van der Waals surface area contributed by atoms with Crippen LogP contribution in [0.1, 0.15) is 49.3 Å². The van der Waals surface area contributed by atoms with E-state index in [1.807, 2.05) is 39.0 Å². The van der Waals surface area contributed by atoms with E-state index in [9.17, 15) is 9.59 Å². The number of hydrogen-bond acceptors (Lipinski definition) is 5. The smallest absolute Gasteiger partial charge is 0.325 e. The lowest BCUT2D eigenvalue weighted by Gasteiger charge is -2.44. The first-order valence-corrected chi connectivity index (χ1v) is 14.4. The molecule has 0 saturated carbocycles. The van der Waals surface area contributed by atoms with Gasteiger partial charge >= 0.3 is 6.03 Å². The number of rotatable bonds is 4. The van der Waals surface area contributed by atoms with Gasteiger partial charge in [-0.2, -0.15) is 0 Å². The molecule has 0 radical (unpaired) electrons. The van der Waals surface area contributed by atoms with E-state index in [-0.39, 0.29) is 23.1 Å². The second-order valence-electron chi connectivity index (χ2n) is 10.6. The first-order chi connectivity index (χ1) is 18.4. The van der Waals surface area contributed by atoms with Gasteiger partial charge in [-0.1, -0.05) is 31.2 Å². The van der Waals surface area contributed by atoms with Gasteiger partial charge in [0.05, 0.1) is 31.6 Å². The van der Waals surface area contributed by atoms with E-state index in [0.29, 0.717) is 26.2 Å². The maximum absolute atomic E-state index is 13.8. The number of carbonyl (C=O) groups excluding carboxylic acids is 2. The molecule has 0 N–H and O–H groups in total. The van der Waals surface area contributed by atoms with E-state index in [0.717, 1.165) is 47.6 Å². The van der Waals surface area contributed by atoms with Gasteiger partial charge in [0, 0.05) is 47.8 Å². The van der Waals surface area contributed by atoms with Crippen LogP contribution in [0.15, 0.2) is 53.1 Å². The van der Waals surface area contributed by atoms with Crippen LogP contribution in [0.4, 0.5) is 4.79 Å². The average molecular weight is 534 g/mol. The van der Waals surface area contributed by atoms with Crippen molar-refractivity contribution in [2.45, 2.75) is 61.3 Å². The predicted octanol–water partition coefficient (Wildman–Crippen LogP) is 5.04. The van der Waals surface area contributed by atoms with Crippen molar-refractivity contribution in [1.82, 2.24) is 14.7 Å². The zero-order chi connectivity index (χ0) is 26.6. The fourth-order valence-corrected chi connectivity index (χ4v) is 8.16. The summed E-state index contributed by atoms with van der Waals surface area (Å²) in [6.07, 6.45) is 4.54. The van der Waals surface area contributed by atoms with Crippen LogP contribution in [0.25, 0.3) is 0 Å². The molecule has 3 amide bonds. The van der Waals surface area contributed by atoms with E-state index < -0.39 is 5.54 Å². The highest BCUT2D eigenvalue weighted by molar-refractivity contribution is 8.01. The third-order valence-corrected chi connectivity index (χ3v) is 10.0. The third-order valence-electron chi connectivity index (χ3n) is 8.74. The summed E-state index contributed by atoms with van der Waals surface area (Å²) < 4.78 is 11.3. The molecular weight excluding hydrogens is 498 g/mol. The molecule has 7 nitrogen and oxygen atoms in total. The Kier molecular flexibility index (Phi) is 6.33. The van der Waals surface area contributed by atoms with E-state index >= 15 is 0 Å². The van der Waals surface area contributed by atoms with Crippen LogP contribution in [-0.4, -0.2) is 71.3 Å². The molecule has 4 heterocycles. The molecular formula is C30H35N3O4S. The van der Waals surface area contributed by atoms with Crippen LogP contribution < -0.4 is 9.47 Å². The molecule has 200 valence electrons. The van der Waals surface area contributed by atoms with Gasteiger partial charge in [0.2, 0.25) is 5.91 Å². The lowest BCUT2D eigenvalue weighted by atomic mass is 9.82. The zero-order valence-electron chi connectivity index (χ0n) is 22.5. The van der Waals surface area contributed by atoms with Crippen molar-refractivity contribution in [3.63, 3.8) is 0 Å². The molecule has 0 aliphatic carbocycles. The number of likely N-dealkylation sites (tertiary alicyclic amines) is 1. The highest BCUT2D eigenvalue weighted by Gasteiger charge is 2.55. The third kappa shape index (κ3) is 3.79. The van der Waals surface area contributed by atoms with Crippen molar-refractivity contribution in [3.05, 3.63) is 64.9 Å². The predicted molar refractivity (Wildman–Crippen MR) is 148 cm³/mol. The number of methoxy groups -OCH3 is 2. The number of thioether (sulfide) groups is 1. The number of likely N-dealkylation sites (N-methyl/N-ethyl adjacent to an activating group) is 1. The average Bonchev–Trinajstić information content (AvgIpc) is 3.40. The van der Waals surface area contributed by atoms with E-state index in [2.05, 4.69) is 32.1 Å². The number of urea groups is 1. The van der Waals surface area contributed by atoms with Gasteiger partial charge in [-0.15, -0.1) is 11.8 Å². The van der Waals surface area contributed by atoms with Crippen LogP contribution >= 0.6 is 11.8 Å². The Bertz CT molecular complexity index is 1290. The molecule has 8 heteroatoms. The lowest BCUT2D eigenvalue weighted by Crippen LogP contribution is -2.55. The minimum Gasteiger partial charge on any atom is -0.497 e. The van der Waals surface area contributed by atoms with Crippen molar-refractivity contribution in [3.8, 4) is 11.5 Å². The van der Waals surface area contributed by atoms with Crippen molar-refractivity contribution in [2.24, 2.45) is 0 Å². The van der Waals surface area contributed by atoms with E-state index in [4.69, 9.17) is 9.47 Å². The fraction of sp³-hybridized carbons (Fsp3) is 0.467. The van der Waals surface area contributed by atoms with Crippen molar-refractivity contribution in [1.29, 1.82) is 0 Å². The monoisotopic (exact) mass is 533 g/mol. The van der Waals surface area contributed by atoms with Gasteiger partial charge in [0.15, 0.2) is 0 Å². The molecule has 4 aliphatic rings. The van der Waals surface area contributed by atoms with Crippen LogP contribution in [0.2, 0.25) is 0 Å². The first-order valence-electron chi connectivity index (χ1n) is 13.5. The molecule has 2 aromatic rings. The quantitative estimate of drug-likeness (QED) is 0.551. The van der Waals surface area contributed by atoms with Crippen LogP contribution in [0.5, 0.6) is 11.5 Å². The maximum atomic E-state index is 13.8. The molecule has 2 aromatic carbocycles. The fourth-order valence-electron chi connectivity index (χ4n) is 6.88. The summed E-state index contributed by atoms with van der Waals surface area (Å²) in [5, 5.41) is -0.0560. The number of benzene rings is 2. The second kappa shape index (κ2) is 9.56. The van der Waals surface area contributed by atoms with Crippen molar-refractivity contribution in [2.75, 3.05) is 33.9 Å². The highest BCUT2D eigenvalue weighted by atomic mass is 32.2. The number of ether oxygens (including phenoxy) is 2. The summed E-state index contributed by atoms with van der Waals surface area (Å²) in [5.41, 5.74) is 4.09. The second-order valence-corrected chi connectivity index (χ2v) is 11.9. The Hall–Kier alpha value is -3.13. The standard InChI is InChI=1S/C30H35N3O4S/c1-5-33-29(35)32-18-21-15-22(36-3)17-23(37-4)27(21)19(2)14-26(32)30(33)10-12-31(13-11-30)28(34)25-16-20-8-6-7-9-24(20)38-25/h6-9,14-15,17,19,25H,5,10-13,16,18H2,1-4H3. The highest BCUT2D eigenvalue weighted by Crippen LogP contribution is 2.49. The van der Waals surface area contributed by atoms with Crippen LogP contribution in [0.3, 0.4) is 0 Å². The molecule has 6 rings (SSSR count). The summed E-state index contributed by atoms with van der Waals surface area (Å²) in [6, 6.07) is 12.3. The molecule has 0 bridgehead atoms. The zero-order valence-corrected chi connectivity index (χ0v) is 23.3. The summed E-state index contributed by atoms with van der Waals surface area (Å²) in [7, 11) is 3.33. The number of fused-ring (bicyclic) bond motifs is 4. The molecule has 4 aliphatic heterocycles. The van der Waals surface area contributed by atoms with Crippen LogP contribution in [0, 0.1) is 0 Å². The maximum Gasteiger partial charge on any atom is 0.325 e. The van der Waals surface area contributed by atoms with Crippen molar-refractivity contribution >= 4 is 23.7 Å². The van der Waals surface area contributed by atoms with Gasteiger partial charge in [0.25, 0.3) is 0 Å². The Morgan fingerprint density at radius 3 is 2.55 bits per heavy atom. The first kappa shape index (κ1) is 25.2. The topological polar surface area (TPSA) is 62.3 Å². The molecule has 2 atom stereocenters. The van der Waals surface area contributed by atoms with Crippen LogP contribution in [-0.2, 0) is 17.8 Å². The number of amides is 3. The van der Waals surface area contributed by atoms with E-state index in [1.54, 1.807) is 26.0 Å². The Morgan fingerprint density at radius 2 is 1.87 bits per heavy atom. The van der Waals surface area contributed by atoms with Crippen molar-refractivity contribution < 1.29 is 19.1 Å². The summed E-state index contributed by atoms with van der Waals surface area (Å²) in [4.78, 5) is 34.6. The van der Waals surface area contributed by atoms with Gasteiger partial charge in [-0.05, 0) is 49.4 Å². The normalized spacial score (nSPS) is 23.5. The Labute approximate surface area is 228 Å². The minimum atomic E-state index is -0.401. The van der Waals surface area contributed by atoms with E-state index in [1.165, 1.54) is 10.5 Å². The number of piperidine rings is 1. The number of nitrogens with zero attached hydrogens (tertiary/aromatic N) is 3. The summed E-state index contributed by atoms with van der Waals surface area (Å²) in [5.74, 6) is 1.80. The van der Waals surface area contributed by atoms with Gasteiger partial charge in [0.1, 0.15) is 11.5 Å². The summed E-state index contributed by atoms with van der Waals surface area (Å²) in [6.45, 7) is 6.65. The molecule has 2 fully saturated rings. The minimum absolute atomic E-state index is 0.0437. The Morgan fingerprint density at radius 1 is 1.11 bits per heavy atom. The molecule has 0 aromatic heterocycles. The molecule has 2 saturated heterocycles. The lowest BCUT2D eigenvalue weighted by molar-refractivity contribution is -0.132. The Balaban J connectivity index is 1.28. The SMILES string of the molecule is CCN1C(=O)N2Cc3cc(OC)cc(OC)c3C(C)C=C2C12CCN(C(=O)C1Cc3ccccc3S1)CC2. The molecule has 1 spiro atoms. The van der Waals surface area contributed by atoms with Gasteiger partial charge in [-0.3, -0.25) is 9.69 Å². The number of allylic oxidation sites excluding steroid dienone is 1.